The summed E-state index contributed by atoms with van der Waals surface area (Å²) in [4.78, 5) is 26.5. The van der Waals surface area contributed by atoms with Crippen molar-refractivity contribution in [3.8, 4) is 0 Å². The van der Waals surface area contributed by atoms with Gasteiger partial charge in [-0.25, -0.2) is 4.79 Å². The van der Waals surface area contributed by atoms with Gasteiger partial charge < -0.3 is 14.4 Å². The number of carbonyl (C=O) groups excluding carboxylic acids is 2. The fraction of sp³-hybridized carbons (Fsp3) is 0.579. The number of fused-ring (bicyclic) bond motifs is 1. The van der Waals surface area contributed by atoms with E-state index < -0.39 is 0 Å². The van der Waals surface area contributed by atoms with Crippen molar-refractivity contribution in [1.29, 1.82) is 0 Å². The van der Waals surface area contributed by atoms with Crippen molar-refractivity contribution >= 4 is 17.6 Å². The number of benzene rings is 1. The van der Waals surface area contributed by atoms with Crippen molar-refractivity contribution in [2.45, 2.75) is 45.4 Å². The van der Waals surface area contributed by atoms with Gasteiger partial charge in [0.2, 0.25) is 5.91 Å². The van der Waals surface area contributed by atoms with Gasteiger partial charge in [0.25, 0.3) is 0 Å². The Bertz CT molecular complexity index is 636. The molecule has 5 heteroatoms. The average molecular weight is 333 g/mol. The zero-order chi connectivity index (χ0) is 17.9. The number of anilines is 1. The van der Waals surface area contributed by atoms with Crippen molar-refractivity contribution in [3.63, 3.8) is 0 Å². The Kier molecular flexibility index (Phi) is 5.65. The third-order valence-electron chi connectivity index (χ3n) is 4.64. The summed E-state index contributed by atoms with van der Waals surface area (Å²) in [7, 11) is 3.05. The quantitative estimate of drug-likeness (QED) is 0.592. The smallest absolute Gasteiger partial charge is 0.338 e. The largest absolute Gasteiger partial charge is 0.465 e. The van der Waals surface area contributed by atoms with Crippen molar-refractivity contribution in [2.24, 2.45) is 0 Å². The number of hydrogen-bond acceptors (Lipinski definition) is 4. The Balaban J connectivity index is 2.42. The summed E-state index contributed by atoms with van der Waals surface area (Å²) in [5, 5.41) is 0. The summed E-state index contributed by atoms with van der Waals surface area (Å²) < 4.78 is 9.95. The Labute approximate surface area is 143 Å². The van der Waals surface area contributed by atoms with Crippen LogP contribution in [0.15, 0.2) is 12.1 Å². The first kappa shape index (κ1) is 18.5. The Morgan fingerprint density at radius 1 is 1.25 bits per heavy atom. The maximum atomic E-state index is 12.7. The number of ether oxygens (including phenoxy) is 2. The first-order valence-corrected chi connectivity index (χ1v) is 8.34. The number of aryl methyl sites for hydroxylation is 1. The lowest BCUT2D eigenvalue weighted by molar-refractivity contribution is -0.120. The van der Waals surface area contributed by atoms with Gasteiger partial charge in [0.05, 0.1) is 12.7 Å². The van der Waals surface area contributed by atoms with Gasteiger partial charge in [0.15, 0.2) is 0 Å². The molecule has 0 aliphatic carbocycles. The first-order chi connectivity index (χ1) is 11.3. The lowest BCUT2D eigenvalue weighted by Crippen LogP contribution is -2.42. The molecule has 1 aromatic rings. The monoisotopic (exact) mass is 333 g/mol. The van der Waals surface area contributed by atoms with Crippen molar-refractivity contribution in [1.82, 2.24) is 0 Å². The second kappa shape index (κ2) is 7.34. The SMILES string of the molecule is COCCCCN1C(=O)CC(C)(C)c2cc(C)c(C(=O)OC)cc21. The third kappa shape index (κ3) is 3.61. The minimum Gasteiger partial charge on any atom is -0.465 e. The van der Waals surface area contributed by atoms with Crippen LogP contribution in [0.3, 0.4) is 0 Å². The van der Waals surface area contributed by atoms with Gasteiger partial charge >= 0.3 is 5.97 Å². The molecule has 0 radical (unpaired) electrons. The van der Waals surface area contributed by atoms with Gasteiger partial charge in [-0.05, 0) is 37.0 Å². The molecule has 0 saturated heterocycles. The van der Waals surface area contributed by atoms with Crippen LogP contribution in [-0.4, -0.2) is 39.2 Å². The summed E-state index contributed by atoms with van der Waals surface area (Å²) in [5.74, 6) is -0.268. The van der Waals surface area contributed by atoms with E-state index in [2.05, 4.69) is 13.8 Å². The zero-order valence-corrected chi connectivity index (χ0v) is 15.3. The van der Waals surface area contributed by atoms with Crippen molar-refractivity contribution < 1.29 is 19.1 Å². The van der Waals surface area contributed by atoms with Crippen LogP contribution < -0.4 is 4.90 Å². The van der Waals surface area contributed by atoms with E-state index in [1.54, 1.807) is 7.11 Å². The van der Waals surface area contributed by atoms with Gasteiger partial charge in [-0.2, -0.15) is 0 Å². The highest BCUT2D eigenvalue weighted by molar-refractivity contribution is 6.00. The predicted octanol–water partition coefficient (Wildman–Crippen LogP) is 3.22. The molecule has 0 aromatic heterocycles. The molecule has 0 atom stereocenters. The third-order valence-corrected chi connectivity index (χ3v) is 4.64. The maximum absolute atomic E-state index is 12.7. The fourth-order valence-corrected chi connectivity index (χ4v) is 3.26. The summed E-state index contributed by atoms with van der Waals surface area (Å²) in [6.45, 7) is 7.37. The molecule has 132 valence electrons. The summed E-state index contributed by atoms with van der Waals surface area (Å²) in [6, 6.07) is 3.84. The van der Waals surface area contributed by atoms with Crippen LogP contribution in [0.2, 0.25) is 0 Å². The van der Waals surface area contributed by atoms with E-state index in [0.29, 0.717) is 25.1 Å². The minimum atomic E-state index is -0.370. The van der Waals surface area contributed by atoms with Gasteiger partial charge in [-0.1, -0.05) is 19.9 Å². The summed E-state index contributed by atoms with van der Waals surface area (Å²) in [5.41, 5.74) is 3.10. The molecule has 1 aliphatic rings. The number of amides is 1. The number of carbonyl (C=O) groups is 2. The molecule has 0 N–H and O–H groups in total. The molecule has 0 spiro atoms. The lowest BCUT2D eigenvalue weighted by atomic mass is 9.76. The van der Waals surface area contributed by atoms with Crippen LogP contribution >= 0.6 is 0 Å². The van der Waals surface area contributed by atoms with E-state index in [0.717, 1.165) is 29.7 Å². The van der Waals surface area contributed by atoms with E-state index in [1.807, 2.05) is 24.0 Å². The van der Waals surface area contributed by atoms with E-state index in [9.17, 15) is 9.59 Å². The first-order valence-electron chi connectivity index (χ1n) is 8.34. The van der Waals surface area contributed by atoms with Crippen LogP contribution in [0.25, 0.3) is 0 Å². The number of nitrogens with zero attached hydrogens (tertiary/aromatic N) is 1. The highest BCUT2D eigenvalue weighted by Gasteiger charge is 2.37. The summed E-state index contributed by atoms with van der Waals surface area (Å²) >= 11 is 0. The fourth-order valence-electron chi connectivity index (χ4n) is 3.26. The van der Waals surface area contributed by atoms with Crippen LogP contribution in [0, 0.1) is 6.92 Å². The van der Waals surface area contributed by atoms with Crippen LogP contribution in [0.4, 0.5) is 5.69 Å². The van der Waals surface area contributed by atoms with E-state index in [1.165, 1.54) is 7.11 Å². The topological polar surface area (TPSA) is 55.8 Å². The standard InChI is InChI=1S/C19H27NO4/c1-13-10-15-16(11-14(13)18(22)24-5)20(8-6-7-9-23-4)17(21)12-19(15,2)3/h10-11H,6-9,12H2,1-5H3. The van der Waals surface area contributed by atoms with Gasteiger partial charge in [0, 0.05) is 37.8 Å². The van der Waals surface area contributed by atoms with Gasteiger partial charge in [0.1, 0.15) is 0 Å². The molecule has 0 saturated carbocycles. The number of methoxy groups -OCH3 is 2. The van der Waals surface area contributed by atoms with Crippen LogP contribution in [0.1, 0.15) is 54.6 Å². The van der Waals surface area contributed by atoms with Gasteiger partial charge in [-0.15, -0.1) is 0 Å². The number of hydrogen-bond donors (Lipinski definition) is 0. The average Bonchev–Trinajstić information content (AvgIpc) is 2.53. The number of rotatable bonds is 6. The van der Waals surface area contributed by atoms with Crippen molar-refractivity contribution in [2.75, 3.05) is 32.3 Å². The molecule has 1 aliphatic heterocycles. The second-order valence-electron chi connectivity index (χ2n) is 6.98. The Morgan fingerprint density at radius 2 is 1.96 bits per heavy atom. The Hall–Kier alpha value is -1.88. The number of unbranched alkanes of at least 4 members (excludes halogenated alkanes) is 1. The van der Waals surface area contributed by atoms with E-state index >= 15 is 0 Å². The van der Waals surface area contributed by atoms with E-state index in [-0.39, 0.29) is 17.3 Å². The molecule has 0 unspecified atom stereocenters. The molecule has 5 nitrogen and oxygen atoms in total. The molecular formula is C19H27NO4. The molecule has 1 amide bonds. The summed E-state index contributed by atoms with van der Waals surface area (Å²) in [6.07, 6.45) is 2.23. The highest BCUT2D eigenvalue weighted by atomic mass is 16.5. The predicted molar refractivity (Wildman–Crippen MR) is 93.6 cm³/mol. The van der Waals surface area contributed by atoms with Gasteiger partial charge in [-0.3, -0.25) is 4.79 Å². The lowest BCUT2D eigenvalue weighted by Gasteiger charge is -2.39. The van der Waals surface area contributed by atoms with E-state index in [4.69, 9.17) is 9.47 Å². The normalized spacial score (nSPS) is 16.0. The number of esters is 1. The highest BCUT2D eigenvalue weighted by Crippen LogP contribution is 2.41. The molecule has 24 heavy (non-hydrogen) atoms. The minimum absolute atomic E-state index is 0.101. The molecular weight excluding hydrogens is 306 g/mol. The molecule has 1 aromatic carbocycles. The zero-order valence-electron chi connectivity index (χ0n) is 15.3. The molecule has 0 bridgehead atoms. The maximum Gasteiger partial charge on any atom is 0.338 e. The van der Waals surface area contributed by atoms with Crippen molar-refractivity contribution in [3.05, 3.63) is 28.8 Å². The molecule has 0 fully saturated rings. The molecule has 2 rings (SSSR count). The van der Waals surface area contributed by atoms with Crippen LogP contribution in [-0.2, 0) is 19.7 Å². The Morgan fingerprint density at radius 3 is 2.58 bits per heavy atom. The van der Waals surface area contributed by atoms with Crippen LogP contribution in [0.5, 0.6) is 0 Å². The second-order valence-corrected chi connectivity index (χ2v) is 6.98. The molecule has 1 heterocycles.